The van der Waals surface area contributed by atoms with Crippen LogP contribution in [0.15, 0.2) is 35.3 Å². The molecule has 0 spiro atoms. The van der Waals surface area contributed by atoms with Crippen molar-refractivity contribution in [1.29, 1.82) is 0 Å². The summed E-state index contributed by atoms with van der Waals surface area (Å²) in [7, 11) is 0. The lowest BCUT2D eigenvalue weighted by Gasteiger charge is -2.24. The molecule has 1 saturated carbocycles. The van der Waals surface area contributed by atoms with Crippen LogP contribution in [0.4, 0.5) is 18.0 Å². The van der Waals surface area contributed by atoms with Crippen molar-refractivity contribution in [2.75, 3.05) is 6.54 Å². The van der Waals surface area contributed by atoms with Crippen molar-refractivity contribution in [2.45, 2.75) is 31.6 Å². The average molecular weight is 377 g/mol. The van der Waals surface area contributed by atoms with E-state index in [9.17, 15) is 18.0 Å². The Kier molecular flexibility index (Phi) is 5.16. The van der Waals surface area contributed by atoms with Gasteiger partial charge in [-0.1, -0.05) is 40.7 Å². The number of carbonyl (C=O) groups excluding carboxylic acids is 1. The quantitative estimate of drug-likeness (QED) is 0.816. The molecule has 7 heteroatoms. The van der Waals surface area contributed by atoms with Gasteiger partial charge in [-0.3, -0.25) is 0 Å². The van der Waals surface area contributed by atoms with Crippen molar-refractivity contribution in [1.82, 2.24) is 10.2 Å². The van der Waals surface area contributed by atoms with Crippen molar-refractivity contribution < 1.29 is 18.0 Å². The van der Waals surface area contributed by atoms with E-state index in [0.29, 0.717) is 4.48 Å². The van der Waals surface area contributed by atoms with Crippen molar-refractivity contribution in [3.05, 3.63) is 46.5 Å². The van der Waals surface area contributed by atoms with E-state index in [0.717, 1.165) is 18.9 Å². The van der Waals surface area contributed by atoms with Crippen LogP contribution in [-0.2, 0) is 12.7 Å². The molecule has 0 heterocycles. The molecule has 1 N–H and O–H groups in total. The number of benzene rings is 1. The van der Waals surface area contributed by atoms with Gasteiger partial charge in [0, 0.05) is 17.1 Å². The largest absolute Gasteiger partial charge is 0.416 e. The van der Waals surface area contributed by atoms with Crippen LogP contribution in [0.3, 0.4) is 0 Å². The minimum absolute atomic E-state index is 0.00452. The number of nitrogens with one attached hydrogen (secondary N) is 1. The fraction of sp³-hybridized carbons (Fsp3) is 0.400. The highest BCUT2D eigenvalue weighted by atomic mass is 79.9. The van der Waals surface area contributed by atoms with E-state index >= 15 is 0 Å². The molecule has 0 bridgehead atoms. The van der Waals surface area contributed by atoms with Crippen LogP contribution < -0.4 is 5.32 Å². The van der Waals surface area contributed by atoms with E-state index in [1.807, 2.05) is 0 Å². The highest BCUT2D eigenvalue weighted by Gasteiger charge is 2.36. The van der Waals surface area contributed by atoms with Gasteiger partial charge in [-0.15, -0.1) is 0 Å². The second-order valence-electron chi connectivity index (χ2n) is 5.19. The monoisotopic (exact) mass is 376 g/mol. The van der Waals surface area contributed by atoms with E-state index in [1.165, 1.54) is 17.0 Å². The van der Waals surface area contributed by atoms with Crippen molar-refractivity contribution in [3.63, 3.8) is 0 Å². The smallest absolute Gasteiger partial charge is 0.333 e. The summed E-state index contributed by atoms with van der Waals surface area (Å²) in [5.74, 6) is 0. The van der Waals surface area contributed by atoms with Gasteiger partial charge in [-0.2, -0.15) is 13.2 Å². The van der Waals surface area contributed by atoms with Gasteiger partial charge in [0.25, 0.3) is 0 Å². The number of rotatable bonds is 5. The van der Waals surface area contributed by atoms with Crippen LogP contribution in [0.5, 0.6) is 0 Å². The summed E-state index contributed by atoms with van der Waals surface area (Å²) in [5.41, 5.74) is -0.590. The third-order valence-electron chi connectivity index (χ3n) is 3.34. The Balaban J connectivity index is 2.15. The first-order valence-corrected chi connectivity index (χ1v) is 7.61. The maximum atomic E-state index is 13.0. The topological polar surface area (TPSA) is 32.3 Å². The third kappa shape index (κ3) is 4.50. The second-order valence-corrected chi connectivity index (χ2v) is 6.31. The van der Waals surface area contributed by atoms with E-state index in [2.05, 4.69) is 27.8 Å². The highest BCUT2D eigenvalue weighted by Crippen LogP contribution is 2.34. The van der Waals surface area contributed by atoms with Gasteiger partial charge in [0.1, 0.15) is 0 Å². The Hall–Kier alpha value is -1.50. The molecule has 0 radical (unpaired) electrons. The molecule has 22 heavy (non-hydrogen) atoms. The maximum Gasteiger partial charge on any atom is 0.416 e. The van der Waals surface area contributed by atoms with Crippen LogP contribution in [0.2, 0.25) is 0 Å². The number of alkyl halides is 3. The first kappa shape index (κ1) is 16.9. The Labute approximate surface area is 135 Å². The van der Waals surface area contributed by atoms with Crippen LogP contribution in [-0.4, -0.2) is 23.5 Å². The van der Waals surface area contributed by atoms with Crippen LogP contribution in [0.25, 0.3) is 0 Å². The summed E-state index contributed by atoms with van der Waals surface area (Å²) >= 11 is 3.13. The molecule has 2 rings (SSSR count). The summed E-state index contributed by atoms with van der Waals surface area (Å²) in [5, 5.41) is 2.64. The number of amides is 2. The van der Waals surface area contributed by atoms with E-state index in [-0.39, 0.29) is 30.7 Å². The molecule has 120 valence electrons. The minimum Gasteiger partial charge on any atom is -0.333 e. The molecule has 1 aromatic carbocycles. The van der Waals surface area contributed by atoms with Gasteiger partial charge < -0.3 is 10.2 Å². The molecule has 0 unspecified atom stereocenters. The Morgan fingerprint density at radius 1 is 1.36 bits per heavy atom. The standard InChI is InChI=1S/C15H16BrF3N2O/c1-10(16)8-20-14(22)21(12-6-7-12)9-11-4-2-3-5-13(11)15(17,18)19/h2-5,12H,1,6-9H2,(H,20,22). The molecular formula is C15H16BrF3N2O. The van der Waals surface area contributed by atoms with E-state index in [1.54, 1.807) is 6.07 Å². The zero-order valence-electron chi connectivity index (χ0n) is 11.8. The first-order valence-electron chi connectivity index (χ1n) is 6.82. The van der Waals surface area contributed by atoms with Gasteiger partial charge in [0.15, 0.2) is 0 Å². The molecular weight excluding hydrogens is 361 g/mol. The maximum absolute atomic E-state index is 13.0. The highest BCUT2D eigenvalue weighted by molar-refractivity contribution is 9.11. The number of hydrogen-bond acceptors (Lipinski definition) is 1. The fourth-order valence-corrected chi connectivity index (χ4v) is 2.28. The van der Waals surface area contributed by atoms with Crippen molar-refractivity contribution in [2.24, 2.45) is 0 Å². The van der Waals surface area contributed by atoms with Crippen LogP contribution in [0, 0.1) is 0 Å². The Morgan fingerprint density at radius 2 is 2.00 bits per heavy atom. The predicted octanol–water partition coefficient (Wildman–Crippen LogP) is 4.29. The third-order valence-corrected chi connectivity index (χ3v) is 3.62. The van der Waals surface area contributed by atoms with Crippen LogP contribution >= 0.6 is 15.9 Å². The molecule has 3 nitrogen and oxygen atoms in total. The number of halogens is 4. The van der Waals surface area contributed by atoms with Gasteiger partial charge in [0.05, 0.1) is 12.1 Å². The number of urea groups is 1. The Bertz CT molecular complexity index is 570. The molecule has 1 aromatic rings. The molecule has 0 saturated heterocycles. The molecule has 0 atom stereocenters. The zero-order chi connectivity index (χ0) is 16.3. The van der Waals surface area contributed by atoms with Gasteiger partial charge in [-0.25, -0.2) is 4.79 Å². The Morgan fingerprint density at radius 3 is 2.55 bits per heavy atom. The number of hydrogen-bond donors (Lipinski definition) is 1. The van der Waals surface area contributed by atoms with E-state index in [4.69, 9.17) is 0 Å². The normalized spacial score (nSPS) is 14.5. The average Bonchev–Trinajstić information content (AvgIpc) is 3.26. The molecule has 0 aromatic heterocycles. The van der Waals surface area contributed by atoms with Gasteiger partial charge in [0.2, 0.25) is 0 Å². The lowest BCUT2D eigenvalue weighted by atomic mass is 10.1. The summed E-state index contributed by atoms with van der Waals surface area (Å²) in [6.07, 6.45) is -2.79. The second kappa shape index (κ2) is 6.73. The zero-order valence-corrected chi connectivity index (χ0v) is 13.4. The van der Waals surface area contributed by atoms with Crippen molar-refractivity contribution >= 4 is 22.0 Å². The minimum atomic E-state index is -4.42. The lowest BCUT2D eigenvalue weighted by molar-refractivity contribution is -0.138. The summed E-state index contributed by atoms with van der Waals surface area (Å²) in [6, 6.07) is 4.98. The number of nitrogens with zero attached hydrogens (tertiary/aromatic N) is 1. The number of carbonyl (C=O) groups is 1. The molecule has 0 aliphatic heterocycles. The molecule has 2 amide bonds. The predicted molar refractivity (Wildman–Crippen MR) is 81.5 cm³/mol. The molecule has 1 aliphatic rings. The summed E-state index contributed by atoms with van der Waals surface area (Å²) in [6.45, 7) is 3.80. The molecule has 1 fully saturated rings. The fourth-order valence-electron chi connectivity index (χ4n) is 2.14. The van der Waals surface area contributed by atoms with E-state index < -0.39 is 11.7 Å². The van der Waals surface area contributed by atoms with Crippen molar-refractivity contribution in [3.8, 4) is 0 Å². The van der Waals surface area contributed by atoms with Gasteiger partial charge in [-0.05, 0) is 24.5 Å². The lowest BCUT2D eigenvalue weighted by Crippen LogP contribution is -2.41. The summed E-state index contributed by atoms with van der Waals surface area (Å²) in [4.78, 5) is 13.6. The summed E-state index contributed by atoms with van der Waals surface area (Å²) < 4.78 is 39.7. The SMILES string of the molecule is C=C(Br)CNC(=O)N(Cc1ccccc1C(F)(F)F)C1CC1. The van der Waals surface area contributed by atoms with Gasteiger partial charge >= 0.3 is 12.2 Å². The molecule has 1 aliphatic carbocycles. The first-order chi connectivity index (χ1) is 10.3. The van der Waals surface area contributed by atoms with Crippen LogP contribution in [0.1, 0.15) is 24.0 Å².